The van der Waals surface area contributed by atoms with Crippen molar-refractivity contribution in [2.75, 3.05) is 19.0 Å². The van der Waals surface area contributed by atoms with Crippen molar-refractivity contribution in [1.29, 1.82) is 0 Å². The van der Waals surface area contributed by atoms with Crippen LogP contribution in [0.1, 0.15) is 26.7 Å². The topological polar surface area (TPSA) is 70.4 Å². The Morgan fingerprint density at radius 2 is 1.83 bits per heavy atom. The lowest BCUT2D eigenvalue weighted by molar-refractivity contribution is -0.143. The van der Waals surface area contributed by atoms with E-state index in [-0.39, 0.29) is 11.5 Å². The van der Waals surface area contributed by atoms with Gasteiger partial charge in [0.15, 0.2) is 5.16 Å². The minimum absolute atomic E-state index is 0.143. The van der Waals surface area contributed by atoms with Crippen molar-refractivity contribution in [1.82, 2.24) is 9.55 Å². The molecule has 0 aliphatic heterocycles. The van der Waals surface area contributed by atoms with Crippen LogP contribution in [0.2, 0.25) is 0 Å². The van der Waals surface area contributed by atoms with Gasteiger partial charge in [-0.15, -0.1) is 0 Å². The van der Waals surface area contributed by atoms with Gasteiger partial charge in [-0.3, -0.25) is 14.2 Å². The van der Waals surface area contributed by atoms with Gasteiger partial charge in [0.05, 0.1) is 29.8 Å². The molecule has 0 saturated carbocycles. The lowest BCUT2D eigenvalue weighted by Crippen LogP contribution is -2.22. The number of ether oxygens (including phenoxy) is 2. The molecular formula is C22H24N2O4S. The maximum Gasteiger partial charge on any atom is 0.305 e. The first-order valence-electron chi connectivity index (χ1n) is 9.68. The molecule has 0 atom stereocenters. The summed E-state index contributed by atoms with van der Waals surface area (Å²) in [5.41, 5.74) is 1.16. The summed E-state index contributed by atoms with van der Waals surface area (Å²) in [6, 6.07) is 14.7. The Hall–Kier alpha value is -2.80. The van der Waals surface area contributed by atoms with Crippen molar-refractivity contribution < 1.29 is 14.3 Å². The number of esters is 1. The minimum Gasteiger partial charge on any atom is -0.492 e. The van der Waals surface area contributed by atoms with Crippen LogP contribution in [0.5, 0.6) is 5.75 Å². The quantitative estimate of drug-likeness (QED) is 0.227. The predicted octanol–water partition coefficient (Wildman–Crippen LogP) is 4.22. The molecule has 0 aliphatic rings. The van der Waals surface area contributed by atoms with Crippen molar-refractivity contribution in [2.24, 2.45) is 0 Å². The fraction of sp³-hybridized carbons (Fsp3) is 0.318. The zero-order chi connectivity index (χ0) is 20.6. The Balaban J connectivity index is 1.99. The average molecular weight is 413 g/mol. The third kappa shape index (κ3) is 4.98. The summed E-state index contributed by atoms with van der Waals surface area (Å²) >= 11 is 1.45. The molecule has 1 aromatic heterocycles. The molecule has 0 aliphatic carbocycles. The normalized spacial score (nSPS) is 10.8. The number of fused-ring (bicyclic) bond motifs is 1. The predicted molar refractivity (Wildman–Crippen MR) is 115 cm³/mol. The van der Waals surface area contributed by atoms with Crippen LogP contribution in [0.3, 0.4) is 0 Å². The Labute approximate surface area is 173 Å². The van der Waals surface area contributed by atoms with E-state index in [2.05, 4.69) is 0 Å². The summed E-state index contributed by atoms with van der Waals surface area (Å²) in [7, 11) is 0. The lowest BCUT2D eigenvalue weighted by Gasteiger charge is -2.16. The van der Waals surface area contributed by atoms with E-state index in [1.807, 2.05) is 49.4 Å². The molecule has 2 aromatic carbocycles. The highest BCUT2D eigenvalue weighted by Crippen LogP contribution is 2.27. The van der Waals surface area contributed by atoms with Crippen molar-refractivity contribution >= 4 is 28.6 Å². The lowest BCUT2D eigenvalue weighted by atomic mass is 10.2. The van der Waals surface area contributed by atoms with Gasteiger partial charge in [0, 0.05) is 12.2 Å². The largest absolute Gasteiger partial charge is 0.492 e. The Morgan fingerprint density at radius 1 is 1.07 bits per heavy atom. The monoisotopic (exact) mass is 412 g/mol. The van der Waals surface area contributed by atoms with E-state index < -0.39 is 0 Å². The summed E-state index contributed by atoms with van der Waals surface area (Å²) in [6.45, 7) is 4.57. The van der Waals surface area contributed by atoms with Crippen molar-refractivity contribution in [2.45, 2.75) is 31.8 Å². The molecule has 0 fully saturated rings. The summed E-state index contributed by atoms with van der Waals surface area (Å²) in [5, 5.41) is 1.12. The highest BCUT2D eigenvalue weighted by Gasteiger charge is 2.16. The molecule has 3 rings (SSSR count). The fourth-order valence-corrected chi connectivity index (χ4v) is 3.90. The van der Waals surface area contributed by atoms with Gasteiger partial charge in [0.2, 0.25) is 0 Å². The van der Waals surface area contributed by atoms with Crippen LogP contribution >= 0.6 is 11.8 Å². The zero-order valence-corrected chi connectivity index (χ0v) is 17.4. The van der Waals surface area contributed by atoms with Gasteiger partial charge in [-0.05, 0) is 44.5 Å². The number of thioether (sulfide) groups is 1. The molecule has 0 radical (unpaired) electrons. The van der Waals surface area contributed by atoms with Gasteiger partial charge in [-0.25, -0.2) is 4.98 Å². The first-order valence-corrected chi connectivity index (χ1v) is 10.7. The summed E-state index contributed by atoms with van der Waals surface area (Å²) < 4.78 is 12.3. The maximum absolute atomic E-state index is 13.3. The molecule has 0 unspecified atom stereocenters. The third-order valence-electron chi connectivity index (χ3n) is 4.21. The van der Waals surface area contributed by atoms with Crippen LogP contribution in [-0.4, -0.2) is 34.5 Å². The standard InChI is InChI=1S/C22H24N2O4S/c1-3-27-19-13-8-7-12-18(19)24-21(26)16-10-5-6-11-17(16)23-22(24)29-15-9-14-20(25)28-4-2/h5-8,10-13H,3-4,9,14-15H2,1-2H3. The smallest absolute Gasteiger partial charge is 0.305 e. The Morgan fingerprint density at radius 3 is 2.62 bits per heavy atom. The van der Waals surface area contributed by atoms with Crippen LogP contribution in [0.4, 0.5) is 0 Å². The van der Waals surface area contributed by atoms with E-state index in [0.29, 0.717) is 59.3 Å². The van der Waals surface area contributed by atoms with E-state index in [9.17, 15) is 9.59 Å². The van der Waals surface area contributed by atoms with E-state index >= 15 is 0 Å². The van der Waals surface area contributed by atoms with Gasteiger partial charge < -0.3 is 9.47 Å². The maximum atomic E-state index is 13.3. The molecular weight excluding hydrogens is 388 g/mol. The molecule has 0 amide bonds. The summed E-state index contributed by atoms with van der Waals surface area (Å²) in [4.78, 5) is 29.6. The molecule has 3 aromatic rings. The minimum atomic E-state index is -0.210. The van der Waals surface area contributed by atoms with Crippen LogP contribution in [0.15, 0.2) is 58.5 Å². The molecule has 0 bridgehead atoms. The second kappa shape index (κ2) is 10.1. The Kier molecular flexibility index (Phi) is 7.30. The van der Waals surface area contributed by atoms with Crippen LogP contribution in [0, 0.1) is 0 Å². The second-order valence-corrected chi connectivity index (χ2v) is 7.27. The van der Waals surface area contributed by atoms with Crippen molar-refractivity contribution in [3.05, 3.63) is 58.9 Å². The molecule has 0 N–H and O–H groups in total. The molecule has 29 heavy (non-hydrogen) atoms. The number of aromatic nitrogens is 2. The molecule has 1 heterocycles. The van der Waals surface area contributed by atoms with Crippen molar-refractivity contribution in [3.8, 4) is 11.4 Å². The zero-order valence-electron chi connectivity index (χ0n) is 16.6. The van der Waals surface area contributed by atoms with Gasteiger partial charge in [-0.1, -0.05) is 36.0 Å². The van der Waals surface area contributed by atoms with E-state index in [1.165, 1.54) is 11.8 Å². The van der Waals surface area contributed by atoms with Crippen LogP contribution in [-0.2, 0) is 9.53 Å². The van der Waals surface area contributed by atoms with E-state index in [0.717, 1.165) is 0 Å². The van der Waals surface area contributed by atoms with E-state index in [4.69, 9.17) is 14.5 Å². The molecule has 0 spiro atoms. The SMILES string of the molecule is CCOC(=O)CCCSc1nc2ccccc2c(=O)n1-c1ccccc1OCC. The van der Waals surface area contributed by atoms with Gasteiger partial charge in [0.25, 0.3) is 5.56 Å². The third-order valence-corrected chi connectivity index (χ3v) is 5.24. The Bertz CT molecular complexity index is 1050. The number of carbonyl (C=O) groups is 1. The van der Waals surface area contributed by atoms with E-state index in [1.54, 1.807) is 17.6 Å². The number of para-hydroxylation sites is 3. The molecule has 152 valence electrons. The summed E-state index contributed by atoms with van der Waals surface area (Å²) in [5.74, 6) is 1.06. The first kappa shape index (κ1) is 20.9. The first-order chi connectivity index (χ1) is 14.2. The van der Waals surface area contributed by atoms with Gasteiger partial charge >= 0.3 is 5.97 Å². The fourth-order valence-electron chi connectivity index (χ4n) is 2.95. The second-order valence-electron chi connectivity index (χ2n) is 6.21. The average Bonchev–Trinajstić information content (AvgIpc) is 2.73. The molecule has 6 nitrogen and oxygen atoms in total. The highest BCUT2D eigenvalue weighted by atomic mass is 32.2. The van der Waals surface area contributed by atoms with Crippen LogP contribution in [0.25, 0.3) is 16.6 Å². The number of benzene rings is 2. The molecule has 0 saturated heterocycles. The molecule has 7 heteroatoms. The number of rotatable bonds is 9. The van der Waals surface area contributed by atoms with Gasteiger partial charge in [0.1, 0.15) is 5.75 Å². The highest BCUT2D eigenvalue weighted by molar-refractivity contribution is 7.99. The summed E-state index contributed by atoms with van der Waals surface area (Å²) in [6.07, 6.45) is 0.980. The van der Waals surface area contributed by atoms with Crippen molar-refractivity contribution in [3.63, 3.8) is 0 Å². The number of hydrogen-bond acceptors (Lipinski definition) is 6. The number of carbonyl (C=O) groups excluding carboxylic acids is 1. The van der Waals surface area contributed by atoms with Gasteiger partial charge in [-0.2, -0.15) is 0 Å². The number of hydrogen-bond donors (Lipinski definition) is 0. The number of nitrogens with zero attached hydrogens (tertiary/aromatic N) is 2. The van der Waals surface area contributed by atoms with Crippen LogP contribution < -0.4 is 10.3 Å².